The van der Waals surface area contributed by atoms with E-state index in [1.54, 1.807) is 0 Å². The van der Waals surface area contributed by atoms with Crippen LogP contribution in [0.3, 0.4) is 0 Å². The lowest BCUT2D eigenvalue weighted by Crippen LogP contribution is -2.54. The summed E-state index contributed by atoms with van der Waals surface area (Å²) in [6.45, 7) is 2.41. The molecule has 1 aliphatic heterocycles. The Morgan fingerprint density at radius 2 is 2.25 bits per heavy atom. The number of carbonyl (C=O) groups is 3. The molecule has 7 nitrogen and oxygen atoms in total. The van der Waals surface area contributed by atoms with Gasteiger partial charge >= 0.3 is 6.03 Å². The van der Waals surface area contributed by atoms with Gasteiger partial charge < -0.3 is 16.4 Å². The zero-order valence-electron chi connectivity index (χ0n) is 11.8. The van der Waals surface area contributed by atoms with Gasteiger partial charge in [-0.25, -0.2) is 4.79 Å². The molecule has 0 radical (unpaired) electrons. The molecule has 2 atom stereocenters. The zero-order chi connectivity index (χ0) is 14.8. The number of carbonyl (C=O) groups excluding carboxylic acids is 3. The van der Waals surface area contributed by atoms with Gasteiger partial charge in [-0.2, -0.15) is 0 Å². The molecule has 4 amide bonds. The molecular formula is C13H22N4O3. The van der Waals surface area contributed by atoms with E-state index >= 15 is 0 Å². The molecule has 1 saturated carbocycles. The van der Waals surface area contributed by atoms with Crippen molar-refractivity contribution >= 4 is 17.8 Å². The van der Waals surface area contributed by atoms with Crippen molar-refractivity contribution in [2.75, 3.05) is 19.6 Å². The van der Waals surface area contributed by atoms with E-state index in [9.17, 15) is 14.4 Å². The minimum atomic E-state index is -0.802. The summed E-state index contributed by atoms with van der Waals surface area (Å²) in [6, 6.07) is -0.466. The largest absolute Gasteiger partial charge is 0.353 e. The molecule has 0 aromatic carbocycles. The van der Waals surface area contributed by atoms with Crippen LogP contribution in [0.1, 0.15) is 32.6 Å². The number of imide groups is 1. The monoisotopic (exact) mass is 282 g/mol. The molecule has 2 fully saturated rings. The molecule has 2 unspecified atom stereocenters. The Morgan fingerprint density at radius 3 is 2.90 bits per heavy atom. The van der Waals surface area contributed by atoms with E-state index in [4.69, 9.17) is 5.73 Å². The number of nitrogens with two attached hydrogens (primary N) is 1. The van der Waals surface area contributed by atoms with E-state index < -0.39 is 11.6 Å². The molecule has 7 heteroatoms. The van der Waals surface area contributed by atoms with Crippen molar-refractivity contribution in [3.63, 3.8) is 0 Å². The molecule has 20 heavy (non-hydrogen) atoms. The molecule has 1 heterocycles. The van der Waals surface area contributed by atoms with E-state index in [1.807, 2.05) is 6.92 Å². The Labute approximate surface area is 118 Å². The molecule has 0 aromatic rings. The Bertz CT molecular complexity index is 426. The van der Waals surface area contributed by atoms with Gasteiger partial charge in [-0.1, -0.05) is 19.8 Å². The molecule has 1 spiro atoms. The van der Waals surface area contributed by atoms with Gasteiger partial charge in [-0.05, 0) is 18.8 Å². The molecular weight excluding hydrogens is 260 g/mol. The maximum Gasteiger partial charge on any atom is 0.325 e. The highest BCUT2D eigenvalue weighted by molar-refractivity contribution is 6.09. The Kier molecular flexibility index (Phi) is 4.27. The number of hydrogen-bond acceptors (Lipinski definition) is 4. The van der Waals surface area contributed by atoms with E-state index in [0.29, 0.717) is 19.5 Å². The summed E-state index contributed by atoms with van der Waals surface area (Å²) in [4.78, 5) is 37.2. The summed E-state index contributed by atoms with van der Waals surface area (Å²) in [6.07, 6.45) is 3.56. The van der Waals surface area contributed by atoms with Gasteiger partial charge in [0.05, 0.1) is 0 Å². The van der Waals surface area contributed by atoms with Crippen molar-refractivity contribution in [2.45, 2.75) is 38.1 Å². The lowest BCUT2D eigenvalue weighted by molar-refractivity contribution is -0.137. The fraction of sp³-hybridized carbons (Fsp3) is 0.769. The van der Waals surface area contributed by atoms with Gasteiger partial charge in [0.2, 0.25) is 5.91 Å². The maximum atomic E-state index is 12.6. The van der Waals surface area contributed by atoms with Crippen LogP contribution in [0.15, 0.2) is 0 Å². The van der Waals surface area contributed by atoms with Crippen LogP contribution in [0.5, 0.6) is 0 Å². The summed E-state index contributed by atoms with van der Waals surface area (Å²) >= 11 is 0. The van der Waals surface area contributed by atoms with E-state index in [2.05, 4.69) is 10.6 Å². The molecule has 4 N–H and O–H groups in total. The second-order valence-corrected chi connectivity index (χ2v) is 5.58. The molecule has 1 aliphatic carbocycles. The van der Waals surface area contributed by atoms with E-state index in [0.717, 1.165) is 24.2 Å². The predicted molar refractivity (Wildman–Crippen MR) is 72.7 cm³/mol. The first kappa shape index (κ1) is 14.8. The normalized spacial score (nSPS) is 29.7. The van der Waals surface area contributed by atoms with Crippen molar-refractivity contribution in [2.24, 2.45) is 11.7 Å². The second-order valence-electron chi connectivity index (χ2n) is 5.58. The summed E-state index contributed by atoms with van der Waals surface area (Å²) in [7, 11) is 0. The summed E-state index contributed by atoms with van der Waals surface area (Å²) < 4.78 is 0. The third-order valence-corrected chi connectivity index (χ3v) is 4.27. The smallest absolute Gasteiger partial charge is 0.325 e. The van der Waals surface area contributed by atoms with Crippen LogP contribution in [0.25, 0.3) is 0 Å². The Balaban J connectivity index is 2.07. The summed E-state index contributed by atoms with van der Waals surface area (Å²) in [5, 5.41) is 5.38. The van der Waals surface area contributed by atoms with Crippen LogP contribution in [-0.4, -0.2) is 47.9 Å². The number of amides is 4. The van der Waals surface area contributed by atoms with Gasteiger partial charge in [-0.15, -0.1) is 0 Å². The third kappa shape index (κ3) is 2.49. The molecule has 2 aliphatic rings. The molecule has 112 valence electrons. The first-order valence-corrected chi connectivity index (χ1v) is 7.12. The van der Waals surface area contributed by atoms with Crippen molar-refractivity contribution in [3.8, 4) is 0 Å². The van der Waals surface area contributed by atoms with Crippen LogP contribution < -0.4 is 16.4 Å². The average molecular weight is 282 g/mol. The SMILES string of the molecule is CC1CCCCC12NC(=O)N(CC(=O)NCCN)C2=O. The average Bonchev–Trinajstić information content (AvgIpc) is 2.65. The van der Waals surface area contributed by atoms with Crippen LogP contribution in [-0.2, 0) is 9.59 Å². The molecule has 2 rings (SSSR count). The minimum Gasteiger partial charge on any atom is -0.353 e. The Morgan fingerprint density at radius 1 is 1.50 bits per heavy atom. The van der Waals surface area contributed by atoms with E-state index in [1.165, 1.54) is 0 Å². The first-order chi connectivity index (χ1) is 9.51. The summed E-state index contributed by atoms with van der Waals surface area (Å²) in [5.41, 5.74) is 4.49. The third-order valence-electron chi connectivity index (χ3n) is 4.27. The van der Waals surface area contributed by atoms with Gasteiger partial charge in [-0.3, -0.25) is 14.5 Å². The zero-order valence-corrected chi connectivity index (χ0v) is 11.8. The van der Waals surface area contributed by atoms with Crippen molar-refractivity contribution in [3.05, 3.63) is 0 Å². The fourth-order valence-electron chi connectivity index (χ4n) is 3.05. The quantitative estimate of drug-likeness (QED) is 0.608. The number of rotatable bonds is 4. The lowest BCUT2D eigenvalue weighted by atomic mass is 9.73. The van der Waals surface area contributed by atoms with Crippen molar-refractivity contribution in [1.82, 2.24) is 15.5 Å². The summed E-state index contributed by atoms with van der Waals surface area (Å²) in [5.74, 6) is -0.526. The topological polar surface area (TPSA) is 105 Å². The highest BCUT2D eigenvalue weighted by Gasteiger charge is 2.55. The number of urea groups is 1. The fourth-order valence-corrected chi connectivity index (χ4v) is 3.05. The lowest BCUT2D eigenvalue weighted by Gasteiger charge is -2.36. The molecule has 0 aromatic heterocycles. The standard InChI is InChI=1S/C13H22N4O3/c1-9-4-2-3-5-13(9)11(19)17(12(20)16-13)8-10(18)15-7-6-14/h9H,2-8,14H2,1H3,(H,15,18)(H,16,20). The number of hydrogen-bond donors (Lipinski definition) is 3. The second kappa shape index (κ2) is 5.78. The van der Waals surface area contributed by atoms with Gasteiger partial charge in [0, 0.05) is 13.1 Å². The van der Waals surface area contributed by atoms with Gasteiger partial charge in [0.25, 0.3) is 5.91 Å². The van der Waals surface area contributed by atoms with Crippen LogP contribution in [0, 0.1) is 5.92 Å². The number of nitrogens with one attached hydrogen (secondary N) is 2. The maximum absolute atomic E-state index is 12.6. The van der Waals surface area contributed by atoms with Crippen LogP contribution in [0.2, 0.25) is 0 Å². The first-order valence-electron chi connectivity index (χ1n) is 7.12. The van der Waals surface area contributed by atoms with Crippen LogP contribution >= 0.6 is 0 Å². The number of nitrogens with zero attached hydrogens (tertiary/aromatic N) is 1. The minimum absolute atomic E-state index is 0.102. The van der Waals surface area contributed by atoms with Gasteiger partial charge in [0.15, 0.2) is 0 Å². The molecule has 1 saturated heterocycles. The van der Waals surface area contributed by atoms with E-state index in [-0.39, 0.29) is 24.3 Å². The Hall–Kier alpha value is -1.63. The molecule has 0 bridgehead atoms. The van der Waals surface area contributed by atoms with Crippen LogP contribution in [0.4, 0.5) is 4.79 Å². The van der Waals surface area contributed by atoms with Crippen molar-refractivity contribution in [1.29, 1.82) is 0 Å². The highest BCUT2D eigenvalue weighted by Crippen LogP contribution is 2.37. The van der Waals surface area contributed by atoms with Gasteiger partial charge in [0.1, 0.15) is 12.1 Å². The predicted octanol–water partition coefficient (Wildman–Crippen LogP) is -0.438. The highest BCUT2D eigenvalue weighted by atomic mass is 16.2. The van der Waals surface area contributed by atoms with Crippen molar-refractivity contribution < 1.29 is 14.4 Å².